The number of hydrogen-bond donors (Lipinski definition) is 0. The number of alkyl halides is 2. The highest BCUT2D eigenvalue weighted by Gasteiger charge is 1.89. The third-order valence-corrected chi connectivity index (χ3v) is 1.69. The van der Waals surface area contributed by atoms with Crippen molar-refractivity contribution in [2.24, 2.45) is 0 Å². The summed E-state index contributed by atoms with van der Waals surface area (Å²) in [6.07, 6.45) is 2.21. The van der Waals surface area contributed by atoms with Gasteiger partial charge in [0.05, 0.1) is 0 Å². The van der Waals surface area contributed by atoms with Crippen molar-refractivity contribution in [2.75, 3.05) is 10.7 Å². The van der Waals surface area contributed by atoms with Gasteiger partial charge in [-0.2, -0.15) is 0 Å². The molecule has 0 atom stereocenters. The lowest BCUT2D eigenvalue weighted by atomic mass is 10.2. The summed E-state index contributed by atoms with van der Waals surface area (Å²) in [6, 6.07) is 0. The van der Waals surface area contributed by atoms with E-state index in [2.05, 4.69) is 38.4 Å². The van der Waals surface area contributed by atoms with Gasteiger partial charge in [0.15, 0.2) is 0 Å². The maximum absolute atomic E-state index is 3.87. The molecule has 0 aliphatic rings. The first-order valence-corrected chi connectivity index (χ1v) is 4.84. The number of allylic oxidation sites excluding steroid dienone is 1. The van der Waals surface area contributed by atoms with Gasteiger partial charge in [-0.1, -0.05) is 44.0 Å². The Kier molecular flexibility index (Phi) is 6.34. The van der Waals surface area contributed by atoms with E-state index in [1.54, 1.807) is 0 Å². The fraction of sp³-hybridized carbons (Fsp3) is 0.667. The molecule has 0 saturated carbocycles. The summed E-state index contributed by atoms with van der Waals surface area (Å²) in [7, 11) is 0. The third-order valence-electron chi connectivity index (χ3n) is 0.896. The van der Waals surface area contributed by atoms with Gasteiger partial charge in [0.25, 0.3) is 0 Å². The van der Waals surface area contributed by atoms with E-state index in [0.717, 1.165) is 23.5 Å². The van der Waals surface area contributed by atoms with Crippen LogP contribution in [0.15, 0.2) is 12.2 Å². The first-order valence-electron chi connectivity index (χ1n) is 2.60. The topological polar surface area (TPSA) is 0 Å². The van der Waals surface area contributed by atoms with Crippen LogP contribution in [-0.4, -0.2) is 10.7 Å². The van der Waals surface area contributed by atoms with E-state index in [0.29, 0.717) is 0 Å². The molecule has 0 aliphatic heterocycles. The highest BCUT2D eigenvalue weighted by molar-refractivity contribution is 9.09. The lowest BCUT2D eigenvalue weighted by Crippen LogP contribution is -1.82. The summed E-state index contributed by atoms with van der Waals surface area (Å²) in [6.45, 7) is 3.87. The molecular weight excluding hydrogens is 232 g/mol. The third kappa shape index (κ3) is 4.85. The Labute approximate surface area is 67.6 Å². The van der Waals surface area contributed by atoms with Gasteiger partial charge in [-0.15, -0.1) is 0 Å². The smallest absolute Gasteiger partial charge is 0.00684 e. The van der Waals surface area contributed by atoms with Crippen molar-refractivity contribution in [1.29, 1.82) is 0 Å². The first-order chi connectivity index (χ1) is 3.81. The largest absolute Gasteiger partial charge is 0.0998 e. The minimum Gasteiger partial charge on any atom is -0.0998 e. The van der Waals surface area contributed by atoms with Gasteiger partial charge in [-0.3, -0.25) is 0 Å². The van der Waals surface area contributed by atoms with E-state index in [1.165, 1.54) is 5.57 Å². The molecule has 48 valence electrons. The van der Waals surface area contributed by atoms with Gasteiger partial charge in [0.2, 0.25) is 0 Å². The Bertz CT molecular complexity index is 60.9. The van der Waals surface area contributed by atoms with Crippen LogP contribution in [0.5, 0.6) is 0 Å². The monoisotopic (exact) mass is 240 g/mol. The number of halogens is 2. The lowest BCUT2D eigenvalue weighted by Gasteiger charge is -1.96. The average molecular weight is 242 g/mol. The SMILES string of the molecule is C=C(CCBr)CCBr. The maximum Gasteiger partial charge on any atom is 0.00684 e. The number of hydrogen-bond acceptors (Lipinski definition) is 0. The summed E-state index contributed by atoms with van der Waals surface area (Å²) in [4.78, 5) is 0. The van der Waals surface area contributed by atoms with Crippen LogP contribution in [0.3, 0.4) is 0 Å². The Morgan fingerprint density at radius 3 is 1.75 bits per heavy atom. The second-order valence-corrected chi connectivity index (χ2v) is 3.21. The minimum atomic E-state index is 1.04. The molecule has 8 heavy (non-hydrogen) atoms. The zero-order valence-electron chi connectivity index (χ0n) is 4.79. The van der Waals surface area contributed by atoms with Gasteiger partial charge >= 0.3 is 0 Å². The highest BCUT2D eigenvalue weighted by atomic mass is 79.9. The molecule has 0 radical (unpaired) electrons. The molecule has 0 heterocycles. The maximum atomic E-state index is 3.87. The quantitative estimate of drug-likeness (QED) is 0.524. The molecule has 0 nitrogen and oxygen atoms in total. The molecule has 0 unspecified atom stereocenters. The summed E-state index contributed by atoms with van der Waals surface area (Å²) >= 11 is 6.69. The summed E-state index contributed by atoms with van der Waals surface area (Å²) in [5, 5.41) is 2.08. The fourth-order valence-corrected chi connectivity index (χ4v) is 1.51. The molecule has 2 heteroatoms. The van der Waals surface area contributed by atoms with Crippen LogP contribution in [0, 0.1) is 0 Å². The van der Waals surface area contributed by atoms with Crippen LogP contribution in [0.1, 0.15) is 12.8 Å². The lowest BCUT2D eigenvalue weighted by molar-refractivity contribution is 1.01. The molecule has 0 N–H and O–H groups in total. The van der Waals surface area contributed by atoms with Gasteiger partial charge in [0, 0.05) is 10.7 Å². The molecule has 0 aromatic carbocycles. The van der Waals surface area contributed by atoms with Crippen molar-refractivity contribution < 1.29 is 0 Å². The molecule has 0 amide bonds. The van der Waals surface area contributed by atoms with E-state index < -0.39 is 0 Å². The summed E-state index contributed by atoms with van der Waals surface area (Å²) in [5.74, 6) is 0. The summed E-state index contributed by atoms with van der Waals surface area (Å²) < 4.78 is 0. The van der Waals surface area contributed by atoms with E-state index in [9.17, 15) is 0 Å². The van der Waals surface area contributed by atoms with Gasteiger partial charge < -0.3 is 0 Å². The van der Waals surface area contributed by atoms with Crippen molar-refractivity contribution >= 4 is 31.9 Å². The van der Waals surface area contributed by atoms with Gasteiger partial charge in [-0.25, -0.2) is 0 Å². The van der Waals surface area contributed by atoms with Crippen molar-refractivity contribution in [3.8, 4) is 0 Å². The Hall–Kier alpha value is 0.700. The van der Waals surface area contributed by atoms with Crippen LogP contribution in [-0.2, 0) is 0 Å². The minimum absolute atomic E-state index is 1.04. The van der Waals surface area contributed by atoms with Gasteiger partial charge in [0.1, 0.15) is 0 Å². The van der Waals surface area contributed by atoms with Crippen molar-refractivity contribution in [1.82, 2.24) is 0 Å². The predicted molar refractivity (Wildman–Crippen MR) is 46.0 cm³/mol. The molecule has 0 fully saturated rings. The fourth-order valence-electron chi connectivity index (χ4n) is 0.392. The Balaban J connectivity index is 3.06. The zero-order valence-corrected chi connectivity index (χ0v) is 7.96. The molecule has 0 rings (SSSR count). The molecule has 0 spiro atoms. The van der Waals surface area contributed by atoms with Crippen LogP contribution < -0.4 is 0 Å². The van der Waals surface area contributed by atoms with E-state index in [1.807, 2.05) is 0 Å². The molecule has 0 saturated heterocycles. The molecule has 0 aromatic heterocycles. The van der Waals surface area contributed by atoms with Crippen LogP contribution in [0.4, 0.5) is 0 Å². The summed E-state index contributed by atoms with van der Waals surface area (Å²) in [5.41, 5.74) is 1.32. The molecule has 0 aromatic rings. The molecule has 0 bridgehead atoms. The van der Waals surface area contributed by atoms with Crippen LogP contribution in [0.2, 0.25) is 0 Å². The van der Waals surface area contributed by atoms with Crippen molar-refractivity contribution in [3.05, 3.63) is 12.2 Å². The molecular formula is C6H10Br2. The first kappa shape index (κ1) is 8.70. The van der Waals surface area contributed by atoms with Crippen LogP contribution in [0.25, 0.3) is 0 Å². The zero-order chi connectivity index (χ0) is 6.41. The van der Waals surface area contributed by atoms with Crippen molar-refractivity contribution in [3.63, 3.8) is 0 Å². The predicted octanol–water partition coefficient (Wildman–Crippen LogP) is 3.11. The number of rotatable bonds is 4. The normalized spacial score (nSPS) is 9.25. The second kappa shape index (κ2) is 5.83. The van der Waals surface area contributed by atoms with E-state index in [4.69, 9.17) is 0 Å². The standard InChI is InChI=1S/C6H10Br2/c1-6(2-4-7)3-5-8/h1-5H2. The molecule has 0 aliphatic carbocycles. The Morgan fingerprint density at radius 2 is 1.50 bits per heavy atom. The van der Waals surface area contributed by atoms with Crippen LogP contribution >= 0.6 is 31.9 Å². The van der Waals surface area contributed by atoms with Gasteiger partial charge in [-0.05, 0) is 12.8 Å². The average Bonchev–Trinajstić information content (AvgIpc) is 1.68. The Morgan fingerprint density at radius 1 is 1.12 bits per heavy atom. The second-order valence-electron chi connectivity index (χ2n) is 1.63. The highest BCUT2D eigenvalue weighted by Crippen LogP contribution is 2.06. The van der Waals surface area contributed by atoms with E-state index in [-0.39, 0.29) is 0 Å². The van der Waals surface area contributed by atoms with E-state index >= 15 is 0 Å². The van der Waals surface area contributed by atoms with Crippen molar-refractivity contribution in [2.45, 2.75) is 12.8 Å².